The number of anilines is 3. The molecule has 1 aromatic heterocycles. The molecule has 0 spiro atoms. The van der Waals surface area contributed by atoms with Crippen LogP contribution in [0.5, 0.6) is 5.75 Å². The molecule has 1 aliphatic heterocycles. The molecule has 1 unspecified atom stereocenters. The van der Waals surface area contributed by atoms with E-state index in [2.05, 4.69) is 10.3 Å². The number of carbonyl (C=O) groups excluding carboxylic acids is 2. The van der Waals surface area contributed by atoms with Crippen molar-refractivity contribution in [2.24, 2.45) is 0 Å². The molecule has 2 aromatic rings. The maximum Gasteiger partial charge on any atom is 0.266 e. The van der Waals surface area contributed by atoms with E-state index in [9.17, 15) is 9.59 Å². The Morgan fingerprint density at radius 1 is 1.33 bits per heavy atom. The molecule has 3 N–H and O–H groups in total. The highest BCUT2D eigenvalue weighted by Gasteiger charge is 2.34. The molecule has 7 heteroatoms. The van der Waals surface area contributed by atoms with E-state index in [0.29, 0.717) is 11.4 Å². The zero-order valence-corrected chi connectivity index (χ0v) is 13.4. The number of fused-ring (bicyclic) bond motifs is 1. The average molecular weight is 326 g/mol. The average Bonchev–Trinajstić information content (AvgIpc) is 2.56. The summed E-state index contributed by atoms with van der Waals surface area (Å²) < 4.78 is 5.35. The topological polar surface area (TPSA) is 97.5 Å². The van der Waals surface area contributed by atoms with Crippen LogP contribution in [0.2, 0.25) is 0 Å². The summed E-state index contributed by atoms with van der Waals surface area (Å²) in [6, 6.07) is 9.92. The number of ether oxygens (including phenoxy) is 1. The molecular weight excluding hydrogens is 308 g/mol. The van der Waals surface area contributed by atoms with Crippen molar-refractivity contribution in [2.45, 2.75) is 19.9 Å². The number of hydrogen-bond donors (Lipinski definition) is 2. The quantitative estimate of drug-likeness (QED) is 0.895. The Hall–Kier alpha value is -3.09. The molecule has 0 fully saturated rings. The van der Waals surface area contributed by atoms with Gasteiger partial charge in [0, 0.05) is 5.69 Å². The number of aryl methyl sites for hydroxylation is 1. The van der Waals surface area contributed by atoms with Gasteiger partial charge in [0.05, 0.1) is 0 Å². The van der Waals surface area contributed by atoms with Gasteiger partial charge in [-0.25, -0.2) is 4.98 Å². The Kier molecular flexibility index (Phi) is 4.07. The van der Waals surface area contributed by atoms with Crippen LogP contribution in [0.4, 0.5) is 17.3 Å². The monoisotopic (exact) mass is 326 g/mol. The minimum Gasteiger partial charge on any atom is -0.480 e. The van der Waals surface area contributed by atoms with Gasteiger partial charge in [-0.1, -0.05) is 18.2 Å². The van der Waals surface area contributed by atoms with Crippen LogP contribution < -0.4 is 20.7 Å². The highest BCUT2D eigenvalue weighted by Crippen LogP contribution is 2.32. The predicted octanol–water partition coefficient (Wildman–Crippen LogP) is 1.72. The maximum atomic E-state index is 12.6. The lowest BCUT2D eigenvalue weighted by Crippen LogP contribution is -2.50. The van der Waals surface area contributed by atoms with Crippen LogP contribution in [0.3, 0.4) is 0 Å². The highest BCUT2D eigenvalue weighted by atomic mass is 16.5. The molecule has 0 bridgehead atoms. The normalized spacial score (nSPS) is 14.6. The van der Waals surface area contributed by atoms with Crippen LogP contribution in [0.1, 0.15) is 12.5 Å². The summed E-state index contributed by atoms with van der Waals surface area (Å²) in [5, 5.41) is 2.84. The van der Waals surface area contributed by atoms with E-state index in [1.807, 2.05) is 31.2 Å². The summed E-state index contributed by atoms with van der Waals surface area (Å²) >= 11 is 0. The second-order valence-corrected chi connectivity index (χ2v) is 5.59. The number of aromatic nitrogens is 1. The van der Waals surface area contributed by atoms with Gasteiger partial charge in [-0.3, -0.25) is 14.5 Å². The Morgan fingerprint density at radius 2 is 2.08 bits per heavy atom. The second-order valence-electron chi connectivity index (χ2n) is 5.59. The van der Waals surface area contributed by atoms with Crippen LogP contribution in [0, 0.1) is 6.92 Å². The molecule has 2 amide bonds. The van der Waals surface area contributed by atoms with E-state index in [-0.39, 0.29) is 30.1 Å². The maximum absolute atomic E-state index is 12.6. The van der Waals surface area contributed by atoms with E-state index in [4.69, 9.17) is 10.5 Å². The third kappa shape index (κ3) is 2.88. The Bertz CT molecular complexity index is 806. The first-order chi connectivity index (χ1) is 11.5. The van der Waals surface area contributed by atoms with Gasteiger partial charge >= 0.3 is 0 Å². The van der Waals surface area contributed by atoms with E-state index < -0.39 is 6.04 Å². The largest absolute Gasteiger partial charge is 0.480 e. The number of nitrogens with one attached hydrogen (secondary N) is 1. The fourth-order valence-electron chi connectivity index (χ4n) is 2.53. The lowest BCUT2D eigenvalue weighted by Gasteiger charge is -2.32. The zero-order valence-electron chi connectivity index (χ0n) is 13.4. The van der Waals surface area contributed by atoms with Crippen molar-refractivity contribution in [1.82, 2.24) is 4.98 Å². The minimum atomic E-state index is -0.756. The Labute approximate surface area is 139 Å². The number of pyridine rings is 1. The summed E-state index contributed by atoms with van der Waals surface area (Å²) in [5.41, 5.74) is 7.35. The Morgan fingerprint density at radius 3 is 2.83 bits per heavy atom. The number of nitrogens with zero attached hydrogens (tertiary/aromatic N) is 2. The van der Waals surface area contributed by atoms with Crippen LogP contribution in [0.25, 0.3) is 0 Å². The molecule has 0 aliphatic carbocycles. The minimum absolute atomic E-state index is 0.138. The first-order valence-corrected chi connectivity index (χ1v) is 7.55. The van der Waals surface area contributed by atoms with E-state index in [0.717, 1.165) is 5.56 Å². The number of carbonyl (C=O) groups is 2. The summed E-state index contributed by atoms with van der Waals surface area (Å²) in [6.07, 6.45) is 0. The first-order valence-electron chi connectivity index (χ1n) is 7.55. The fourth-order valence-corrected chi connectivity index (χ4v) is 2.53. The lowest BCUT2D eigenvalue weighted by atomic mass is 10.1. The van der Waals surface area contributed by atoms with E-state index in [1.54, 1.807) is 19.1 Å². The van der Waals surface area contributed by atoms with Gasteiger partial charge in [-0.15, -0.1) is 0 Å². The van der Waals surface area contributed by atoms with Crippen LogP contribution >= 0.6 is 0 Å². The number of amides is 2. The highest BCUT2D eigenvalue weighted by molar-refractivity contribution is 6.06. The first kappa shape index (κ1) is 15.8. The number of nitrogens with two attached hydrogens (primary N) is 1. The number of rotatable bonds is 3. The summed E-state index contributed by atoms with van der Waals surface area (Å²) in [4.78, 5) is 30.3. The molecule has 1 aliphatic rings. The molecule has 7 nitrogen and oxygen atoms in total. The number of nitrogen functional groups attached to an aromatic ring is 1. The number of hydrogen-bond acceptors (Lipinski definition) is 5. The fraction of sp³-hybridized carbons (Fsp3) is 0.235. The van der Waals surface area contributed by atoms with Crippen molar-refractivity contribution in [3.8, 4) is 5.75 Å². The lowest BCUT2D eigenvalue weighted by molar-refractivity contribution is -0.125. The Balaban J connectivity index is 1.88. The van der Waals surface area contributed by atoms with Gasteiger partial charge in [0.15, 0.2) is 18.2 Å². The zero-order chi connectivity index (χ0) is 17.3. The van der Waals surface area contributed by atoms with Crippen molar-refractivity contribution in [1.29, 1.82) is 0 Å². The van der Waals surface area contributed by atoms with Crippen molar-refractivity contribution in [3.05, 3.63) is 42.0 Å². The molecule has 0 saturated carbocycles. The van der Waals surface area contributed by atoms with Crippen molar-refractivity contribution < 1.29 is 14.3 Å². The van der Waals surface area contributed by atoms with Crippen molar-refractivity contribution >= 4 is 29.1 Å². The van der Waals surface area contributed by atoms with Gasteiger partial charge in [0.2, 0.25) is 5.91 Å². The SMILES string of the molecule is Cc1ccccc1NC(=O)C(C)N1C(=O)COc2ccc(N)nc21. The third-order valence-corrected chi connectivity index (χ3v) is 3.88. The summed E-state index contributed by atoms with van der Waals surface area (Å²) in [6.45, 7) is 3.41. The van der Waals surface area contributed by atoms with Crippen molar-refractivity contribution in [3.63, 3.8) is 0 Å². The smallest absolute Gasteiger partial charge is 0.266 e. The van der Waals surface area contributed by atoms with Crippen LogP contribution in [-0.2, 0) is 9.59 Å². The van der Waals surface area contributed by atoms with Gasteiger partial charge in [0.1, 0.15) is 11.9 Å². The van der Waals surface area contributed by atoms with Crippen LogP contribution in [0.15, 0.2) is 36.4 Å². The summed E-state index contributed by atoms with van der Waals surface area (Å²) in [5.74, 6) is 0.296. The predicted molar refractivity (Wildman–Crippen MR) is 90.9 cm³/mol. The van der Waals surface area contributed by atoms with E-state index in [1.165, 1.54) is 4.90 Å². The number of para-hydroxylation sites is 1. The molecule has 0 radical (unpaired) electrons. The molecule has 1 atom stereocenters. The van der Waals surface area contributed by atoms with Crippen LogP contribution in [-0.4, -0.2) is 29.4 Å². The number of benzene rings is 1. The van der Waals surface area contributed by atoms with Gasteiger partial charge in [-0.05, 0) is 37.6 Å². The molecular formula is C17H18N4O3. The molecule has 24 heavy (non-hydrogen) atoms. The van der Waals surface area contributed by atoms with Gasteiger partial charge in [0.25, 0.3) is 5.91 Å². The second kappa shape index (κ2) is 6.19. The standard InChI is InChI=1S/C17H18N4O3/c1-10-5-3-4-6-12(10)19-17(23)11(2)21-15(22)9-24-13-7-8-14(18)20-16(13)21/h3-8,11H,9H2,1-2H3,(H2,18,20)(H,19,23). The molecule has 1 aromatic carbocycles. The molecule has 124 valence electrons. The van der Waals surface area contributed by atoms with Gasteiger partial charge in [-0.2, -0.15) is 0 Å². The molecule has 2 heterocycles. The molecule has 0 saturated heterocycles. The third-order valence-electron chi connectivity index (χ3n) is 3.88. The summed E-state index contributed by atoms with van der Waals surface area (Å²) in [7, 11) is 0. The van der Waals surface area contributed by atoms with E-state index >= 15 is 0 Å². The van der Waals surface area contributed by atoms with Crippen molar-refractivity contribution in [2.75, 3.05) is 22.6 Å². The van der Waals surface area contributed by atoms with Gasteiger partial charge < -0.3 is 15.8 Å². The molecule has 3 rings (SSSR count).